The molecule has 0 saturated carbocycles. The van der Waals surface area contributed by atoms with E-state index in [1.807, 2.05) is 0 Å². The second-order valence-electron chi connectivity index (χ2n) is 2.73. The number of carbonyl (C=O) groups is 1. The Morgan fingerprint density at radius 2 is 2.08 bits per heavy atom. The maximum atomic E-state index is 11.3. The number of aromatic nitrogens is 1. The summed E-state index contributed by atoms with van der Waals surface area (Å²) < 4.78 is 0.885. The van der Waals surface area contributed by atoms with E-state index in [4.69, 9.17) is 10.2 Å². The van der Waals surface area contributed by atoms with Crippen molar-refractivity contribution in [2.75, 3.05) is 0 Å². The van der Waals surface area contributed by atoms with Crippen molar-refractivity contribution < 1.29 is 15.0 Å². The molecule has 0 aliphatic heterocycles. The van der Waals surface area contributed by atoms with E-state index in [2.05, 4.69) is 0 Å². The minimum Gasteiger partial charge on any atom is -0.494 e. The van der Waals surface area contributed by atoms with Crippen molar-refractivity contribution in [3.05, 3.63) is 27.5 Å². The van der Waals surface area contributed by atoms with Gasteiger partial charge < -0.3 is 10.2 Å². The lowest BCUT2D eigenvalue weighted by Crippen LogP contribution is -2.25. The number of rotatable bonds is 1. The molecule has 0 atom stereocenters. The third-order valence-electron chi connectivity index (χ3n) is 1.82. The van der Waals surface area contributed by atoms with Gasteiger partial charge in [-0.3, -0.25) is 9.36 Å². The van der Waals surface area contributed by atoms with Crippen molar-refractivity contribution >= 4 is 5.97 Å². The summed E-state index contributed by atoms with van der Waals surface area (Å²) in [6.45, 7) is 1.46. The molecule has 5 nitrogen and oxygen atoms in total. The zero-order chi connectivity index (χ0) is 10.2. The first-order valence-electron chi connectivity index (χ1n) is 3.58. The Labute approximate surface area is 73.9 Å². The summed E-state index contributed by atoms with van der Waals surface area (Å²) in [7, 11) is 1.31. The minimum absolute atomic E-state index is 0.243. The maximum Gasteiger partial charge on any atom is 0.341 e. The van der Waals surface area contributed by atoms with Crippen LogP contribution in [0, 0.1) is 6.92 Å². The quantitative estimate of drug-likeness (QED) is 0.647. The van der Waals surface area contributed by atoms with Gasteiger partial charge in [-0.05, 0) is 12.5 Å². The summed E-state index contributed by atoms with van der Waals surface area (Å²) in [5.74, 6) is -1.52. The number of aromatic hydroxyl groups is 1. The van der Waals surface area contributed by atoms with E-state index in [-0.39, 0.29) is 17.0 Å². The van der Waals surface area contributed by atoms with Gasteiger partial charge in [-0.2, -0.15) is 0 Å². The van der Waals surface area contributed by atoms with Gasteiger partial charge in [0.15, 0.2) is 5.88 Å². The van der Waals surface area contributed by atoms with Gasteiger partial charge in [0.1, 0.15) is 5.56 Å². The van der Waals surface area contributed by atoms with E-state index in [0.717, 1.165) is 4.57 Å². The maximum absolute atomic E-state index is 11.3. The molecule has 0 radical (unpaired) electrons. The number of aryl methyl sites for hydroxylation is 1. The summed E-state index contributed by atoms with van der Waals surface area (Å²) in [5, 5.41) is 17.8. The Kier molecular flexibility index (Phi) is 2.10. The lowest BCUT2D eigenvalue weighted by atomic mass is 10.1. The van der Waals surface area contributed by atoms with Crippen LogP contribution in [0.1, 0.15) is 15.9 Å². The van der Waals surface area contributed by atoms with Crippen LogP contribution in [0.15, 0.2) is 10.9 Å². The van der Waals surface area contributed by atoms with Gasteiger partial charge in [0, 0.05) is 13.1 Å². The number of pyridine rings is 1. The molecule has 0 aromatic carbocycles. The average Bonchev–Trinajstić information content (AvgIpc) is 1.99. The van der Waals surface area contributed by atoms with Crippen LogP contribution in [0.3, 0.4) is 0 Å². The highest BCUT2D eigenvalue weighted by Gasteiger charge is 2.15. The Bertz CT molecular complexity index is 419. The summed E-state index contributed by atoms with van der Waals surface area (Å²) in [6, 6.07) is 1.24. The van der Waals surface area contributed by atoms with Crippen molar-refractivity contribution in [3.8, 4) is 5.88 Å². The Balaban J connectivity index is 3.63. The van der Waals surface area contributed by atoms with E-state index in [0.29, 0.717) is 0 Å². The molecular formula is C8H9NO4. The fourth-order valence-electron chi connectivity index (χ4n) is 1.06. The van der Waals surface area contributed by atoms with Crippen LogP contribution in [0.4, 0.5) is 0 Å². The number of hydrogen-bond donors (Lipinski definition) is 2. The van der Waals surface area contributed by atoms with Crippen molar-refractivity contribution in [2.24, 2.45) is 7.05 Å². The average molecular weight is 183 g/mol. The van der Waals surface area contributed by atoms with Crippen molar-refractivity contribution in [2.45, 2.75) is 6.92 Å². The fraction of sp³-hybridized carbons (Fsp3) is 0.250. The molecule has 1 aromatic rings. The molecule has 2 N–H and O–H groups in total. The van der Waals surface area contributed by atoms with Gasteiger partial charge in [-0.1, -0.05) is 0 Å². The summed E-state index contributed by atoms with van der Waals surface area (Å²) in [4.78, 5) is 21.9. The topological polar surface area (TPSA) is 79.5 Å². The molecule has 0 aliphatic rings. The van der Waals surface area contributed by atoms with Gasteiger partial charge in [-0.25, -0.2) is 4.79 Å². The Morgan fingerprint density at radius 1 is 1.54 bits per heavy atom. The second kappa shape index (κ2) is 2.93. The molecule has 0 aliphatic carbocycles. The number of hydrogen-bond acceptors (Lipinski definition) is 3. The van der Waals surface area contributed by atoms with E-state index in [1.165, 1.54) is 20.0 Å². The zero-order valence-corrected chi connectivity index (χ0v) is 7.24. The summed E-state index contributed by atoms with van der Waals surface area (Å²) in [5.41, 5.74) is -0.751. The number of aromatic carboxylic acids is 1. The van der Waals surface area contributed by atoms with E-state index >= 15 is 0 Å². The van der Waals surface area contributed by atoms with Crippen LogP contribution in [0.5, 0.6) is 5.88 Å². The van der Waals surface area contributed by atoms with Crippen molar-refractivity contribution in [1.29, 1.82) is 0 Å². The summed E-state index contributed by atoms with van der Waals surface area (Å²) >= 11 is 0. The second-order valence-corrected chi connectivity index (χ2v) is 2.73. The number of nitrogens with zero attached hydrogens (tertiary/aromatic N) is 1. The molecule has 1 aromatic heterocycles. The standard InChI is InChI=1S/C8H9NO4/c1-4-3-5(10)9(2)7(11)6(4)8(12)13/h3,10H,1-2H3,(H,12,13). The summed E-state index contributed by atoms with van der Waals surface area (Å²) in [6.07, 6.45) is 0. The van der Waals surface area contributed by atoms with Gasteiger partial charge in [0.05, 0.1) is 0 Å². The third kappa shape index (κ3) is 1.40. The largest absolute Gasteiger partial charge is 0.494 e. The van der Waals surface area contributed by atoms with E-state index in [1.54, 1.807) is 0 Å². The fourth-order valence-corrected chi connectivity index (χ4v) is 1.06. The number of carboxylic acid groups (broad SMARTS) is 1. The molecule has 5 heteroatoms. The molecule has 0 saturated heterocycles. The Hall–Kier alpha value is -1.78. The minimum atomic E-state index is -1.28. The molecule has 1 rings (SSSR count). The first kappa shape index (κ1) is 9.31. The monoisotopic (exact) mass is 183 g/mol. The SMILES string of the molecule is Cc1cc(O)n(C)c(=O)c1C(=O)O. The van der Waals surface area contributed by atoms with Crippen LogP contribution in [-0.4, -0.2) is 20.7 Å². The van der Waals surface area contributed by atoms with Crippen molar-refractivity contribution in [1.82, 2.24) is 4.57 Å². The normalized spacial score (nSPS) is 10.0. The van der Waals surface area contributed by atoms with E-state index < -0.39 is 11.5 Å². The van der Waals surface area contributed by atoms with Crippen LogP contribution >= 0.6 is 0 Å². The van der Waals surface area contributed by atoms with Gasteiger partial charge in [0.2, 0.25) is 0 Å². The first-order valence-corrected chi connectivity index (χ1v) is 3.58. The lowest BCUT2D eigenvalue weighted by Gasteiger charge is -2.05. The molecule has 0 spiro atoms. The van der Waals surface area contributed by atoms with Crippen LogP contribution < -0.4 is 5.56 Å². The molecule has 0 unspecified atom stereocenters. The highest BCUT2D eigenvalue weighted by atomic mass is 16.4. The molecular weight excluding hydrogens is 174 g/mol. The molecule has 13 heavy (non-hydrogen) atoms. The molecule has 0 bridgehead atoms. The molecule has 1 heterocycles. The van der Waals surface area contributed by atoms with Gasteiger partial charge in [-0.15, -0.1) is 0 Å². The van der Waals surface area contributed by atoms with E-state index in [9.17, 15) is 9.59 Å². The van der Waals surface area contributed by atoms with Crippen LogP contribution in [-0.2, 0) is 7.05 Å². The lowest BCUT2D eigenvalue weighted by molar-refractivity contribution is 0.0693. The highest BCUT2D eigenvalue weighted by molar-refractivity contribution is 5.88. The van der Waals surface area contributed by atoms with Crippen molar-refractivity contribution in [3.63, 3.8) is 0 Å². The molecule has 70 valence electrons. The smallest absolute Gasteiger partial charge is 0.341 e. The predicted molar refractivity (Wildman–Crippen MR) is 45.0 cm³/mol. The Morgan fingerprint density at radius 3 is 2.54 bits per heavy atom. The molecule has 0 fully saturated rings. The number of carboxylic acids is 1. The zero-order valence-electron chi connectivity index (χ0n) is 7.24. The highest BCUT2D eigenvalue weighted by Crippen LogP contribution is 2.10. The predicted octanol–water partition coefficient (Wildman–Crippen LogP) is 0.0975. The van der Waals surface area contributed by atoms with Gasteiger partial charge in [0.25, 0.3) is 5.56 Å². The molecule has 0 amide bonds. The third-order valence-corrected chi connectivity index (χ3v) is 1.82. The first-order chi connectivity index (χ1) is 5.95. The van der Waals surface area contributed by atoms with Crippen LogP contribution in [0.2, 0.25) is 0 Å². The van der Waals surface area contributed by atoms with Crippen LogP contribution in [0.25, 0.3) is 0 Å². The van der Waals surface area contributed by atoms with Gasteiger partial charge >= 0.3 is 5.97 Å².